The van der Waals surface area contributed by atoms with Crippen LogP contribution in [0.1, 0.15) is 13.8 Å². The van der Waals surface area contributed by atoms with Gasteiger partial charge in [0.25, 0.3) is 0 Å². The van der Waals surface area contributed by atoms with Crippen molar-refractivity contribution in [3.63, 3.8) is 0 Å². The lowest BCUT2D eigenvalue weighted by molar-refractivity contribution is 0.0818. The molecule has 0 radical (unpaired) electrons. The molecule has 0 spiro atoms. The van der Waals surface area contributed by atoms with E-state index in [-0.39, 0.29) is 0 Å². The van der Waals surface area contributed by atoms with Gasteiger partial charge in [0.05, 0.1) is 12.8 Å². The zero-order valence-electron chi connectivity index (χ0n) is 9.07. The summed E-state index contributed by atoms with van der Waals surface area (Å²) in [6.07, 6.45) is 3.41. The maximum atomic E-state index is 5.45. The van der Waals surface area contributed by atoms with Gasteiger partial charge in [0, 0.05) is 17.3 Å². The molecule has 0 amide bonds. The lowest BCUT2D eigenvalue weighted by Gasteiger charge is -2.08. The molecule has 0 unspecified atom stereocenters. The van der Waals surface area contributed by atoms with Crippen LogP contribution in [-0.2, 0) is 4.74 Å². The zero-order valence-corrected chi connectivity index (χ0v) is 10.7. The summed E-state index contributed by atoms with van der Waals surface area (Å²) in [5.41, 5.74) is 0. The van der Waals surface area contributed by atoms with Gasteiger partial charge in [-0.1, -0.05) is 13.8 Å². The first-order valence-corrected chi connectivity index (χ1v) is 5.79. The molecule has 84 valence electrons. The molecule has 3 nitrogen and oxygen atoms in total. The highest BCUT2D eigenvalue weighted by Gasteiger charge is 1.96. The van der Waals surface area contributed by atoms with Gasteiger partial charge in [-0.3, -0.25) is 4.98 Å². The van der Waals surface area contributed by atoms with E-state index >= 15 is 0 Å². The zero-order chi connectivity index (χ0) is 11.1. The van der Waals surface area contributed by atoms with Crippen molar-refractivity contribution < 1.29 is 9.47 Å². The second kappa shape index (κ2) is 6.80. The van der Waals surface area contributed by atoms with Gasteiger partial charge in [-0.25, -0.2) is 0 Å². The van der Waals surface area contributed by atoms with Crippen molar-refractivity contribution in [2.45, 2.75) is 13.8 Å². The smallest absolute Gasteiger partial charge is 0.138 e. The third-order valence-corrected chi connectivity index (χ3v) is 2.06. The fourth-order valence-electron chi connectivity index (χ4n) is 1.01. The van der Waals surface area contributed by atoms with Crippen molar-refractivity contribution in [3.8, 4) is 5.75 Å². The molecule has 0 fully saturated rings. The maximum absolute atomic E-state index is 5.45. The van der Waals surface area contributed by atoms with Crippen LogP contribution in [0.15, 0.2) is 22.9 Å². The molecule has 0 aliphatic rings. The van der Waals surface area contributed by atoms with Gasteiger partial charge in [0.1, 0.15) is 12.4 Å². The fraction of sp³-hybridized carbons (Fsp3) is 0.545. The van der Waals surface area contributed by atoms with Gasteiger partial charge < -0.3 is 9.47 Å². The van der Waals surface area contributed by atoms with Crippen molar-refractivity contribution >= 4 is 15.9 Å². The SMILES string of the molecule is CC(C)COCCOc1cncc(Br)c1. The number of ether oxygens (including phenoxy) is 2. The van der Waals surface area contributed by atoms with Crippen molar-refractivity contribution in [3.05, 3.63) is 22.9 Å². The molecule has 4 heteroatoms. The molecule has 0 N–H and O–H groups in total. The first-order valence-electron chi connectivity index (χ1n) is 4.99. The molecular formula is C11H16BrNO2. The molecule has 1 rings (SSSR count). The minimum Gasteiger partial charge on any atom is -0.490 e. The number of pyridine rings is 1. The number of rotatable bonds is 6. The largest absolute Gasteiger partial charge is 0.490 e. The Morgan fingerprint density at radius 2 is 2.13 bits per heavy atom. The molecule has 15 heavy (non-hydrogen) atoms. The van der Waals surface area contributed by atoms with E-state index < -0.39 is 0 Å². The van der Waals surface area contributed by atoms with E-state index in [4.69, 9.17) is 9.47 Å². The van der Waals surface area contributed by atoms with E-state index in [1.165, 1.54) is 0 Å². The van der Waals surface area contributed by atoms with Crippen LogP contribution in [0.25, 0.3) is 0 Å². The molecular weight excluding hydrogens is 258 g/mol. The molecule has 0 atom stereocenters. The summed E-state index contributed by atoms with van der Waals surface area (Å²) in [5, 5.41) is 0. The Hall–Kier alpha value is -0.610. The molecule has 0 aliphatic heterocycles. The van der Waals surface area contributed by atoms with Crippen LogP contribution in [0, 0.1) is 5.92 Å². The summed E-state index contributed by atoms with van der Waals surface area (Å²) in [5.74, 6) is 1.33. The lowest BCUT2D eigenvalue weighted by atomic mass is 10.2. The predicted octanol–water partition coefficient (Wildman–Crippen LogP) is 2.90. The minimum absolute atomic E-state index is 0.560. The first kappa shape index (κ1) is 12.5. The third kappa shape index (κ3) is 5.74. The van der Waals surface area contributed by atoms with Crippen molar-refractivity contribution in [1.29, 1.82) is 0 Å². The second-order valence-corrected chi connectivity index (χ2v) is 4.57. The Balaban J connectivity index is 2.15. The second-order valence-electron chi connectivity index (χ2n) is 3.66. The van der Waals surface area contributed by atoms with E-state index in [9.17, 15) is 0 Å². The van der Waals surface area contributed by atoms with E-state index in [1.807, 2.05) is 6.07 Å². The van der Waals surface area contributed by atoms with E-state index in [1.54, 1.807) is 12.4 Å². The summed E-state index contributed by atoms with van der Waals surface area (Å²) >= 11 is 3.33. The molecule has 0 bridgehead atoms. The van der Waals surface area contributed by atoms with Crippen LogP contribution < -0.4 is 4.74 Å². The van der Waals surface area contributed by atoms with Crippen LogP contribution in [0.5, 0.6) is 5.75 Å². The van der Waals surface area contributed by atoms with Gasteiger partial charge >= 0.3 is 0 Å². The lowest BCUT2D eigenvalue weighted by Crippen LogP contribution is -2.10. The molecule has 0 aliphatic carbocycles. The highest BCUT2D eigenvalue weighted by molar-refractivity contribution is 9.10. The molecule has 0 saturated heterocycles. The summed E-state index contributed by atoms with van der Waals surface area (Å²) in [7, 11) is 0. The third-order valence-electron chi connectivity index (χ3n) is 1.63. The summed E-state index contributed by atoms with van der Waals surface area (Å²) in [6, 6.07) is 1.88. The molecule has 0 aromatic carbocycles. The van der Waals surface area contributed by atoms with Gasteiger partial charge in [-0.15, -0.1) is 0 Å². The summed E-state index contributed by atoms with van der Waals surface area (Å²) < 4.78 is 11.8. The molecule has 0 saturated carbocycles. The normalized spacial score (nSPS) is 10.7. The monoisotopic (exact) mass is 273 g/mol. The number of hydrogen-bond donors (Lipinski definition) is 0. The van der Waals surface area contributed by atoms with Crippen LogP contribution in [0.4, 0.5) is 0 Å². The molecule has 1 aromatic heterocycles. The topological polar surface area (TPSA) is 31.4 Å². The summed E-state index contributed by atoms with van der Waals surface area (Å²) in [4.78, 5) is 4.00. The van der Waals surface area contributed by atoms with Gasteiger partial charge in [-0.05, 0) is 27.9 Å². The van der Waals surface area contributed by atoms with Crippen LogP contribution in [0.2, 0.25) is 0 Å². The first-order chi connectivity index (χ1) is 7.18. The number of halogens is 1. The van der Waals surface area contributed by atoms with Gasteiger partial charge in [0.15, 0.2) is 0 Å². The van der Waals surface area contributed by atoms with Gasteiger partial charge in [0.2, 0.25) is 0 Å². The molecule has 1 aromatic rings. The Kier molecular flexibility index (Phi) is 5.65. The van der Waals surface area contributed by atoms with E-state index in [2.05, 4.69) is 34.8 Å². The average molecular weight is 274 g/mol. The summed E-state index contributed by atoms with van der Waals surface area (Å²) in [6.45, 7) is 6.20. The standard InChI is InChI=1S/C11H16BrNO2/c1-9(2)8-14-3-4-15-11-5-10(12)6-13-7-11/h5-7,9H,3-4,8H2,1-2H3. The van der Waals surface area contributed by atoms with Crippen LogP contribution in [0.3, 0.4) is 0 Å². The Morgan fingerprint density at radius 3 is 2.80 bits per heavy atom. The average Bonchev–Trinajstić information content (AvgIpc) is 2.17. The van der Waals surface area contributed by atoms with Crippen molar-refractivity contribution in [2.75, 3.05) is 19.8 Å². The fourth-order valence-corrected chi connectivity index (χ4v) is 1.35. The quantitative estimate of drug-likeness (QED) is 0.747. The number of hydrogen-bond acceptors (Lipinski definition) is 3. The van der Waals surface area contributed by atoms with Gasteiger partial charge in [-0.2, -0.15) is 0 Å². The van der Waals surface area contributed by atoms with E-state index in [0.29, 0.717) is 19.1 Å². The Labute approximate surface area is 98.9 Å². The highest BCUT2D eigenvalue weighted by Crippen LogP contribution is 2.15. The Morgan fingerprint density at radius 1 is 1.33 bits per heavy atom. The number of aromatic nitrogens is 1. The van der Waals surface area contributed by atoms with E-state index in [0.717, 1.165) is 16.8 Å². The number of nitrogens with zero attached hydrogens (tertiary/aromatic N) is 1. The van der Waals surface area contributed by atoms with Crippen molar-refractivity contribution in [1.82, 2.24) is 4.98 Å². The predicted molar refractivity (Wildman–Crippen MR) is 63.1 cm³/mol. The minimum atomic E-state index is 0.560. The van der Waals surface area contributed by atoms with Crippen molar-refractivity contribution in [2.24, 2.45) is 5.92 Å². The van der Waals surface area contributed by atoms with Crippen LogP contribution in [-0.4, -0.2) is 24.8 Å². The maximum Gasteiger partial charge on any atom is 0.138 e. The Bertz CT molecular complexity index is 292. The highest BCUT2D eigenvalue weighted by atomic mass is 79.9. The molecule has 1 heterocycles. The van der Waals surface area contributed by atoms with Crippen LogP contribution >= 0.6 is 15.9 Å².